The van der Waals surface area contributed by atoms with Crippen LogP contribution in [0.4, 0.5) is 5.69 Å². The lowest BCUT2D eigenvalue weighted by Gasteiger charge is -2.02. The molecule has 0 fully saturated rings. The number of anilines is 1. The van der Waals surface area contributed by atoms with Gasteiger partial charge in [-0.2, -0.15) is 0 Å². The molecule has 2 aromatic carbocycles. The fourth-order valence-electron chi connectivity index (χ4n) is 1.95. The van der Waals surface area contributed by atoms with Crippen molar-refractivity contribution in [3.8, 4) is 11.1 Å². The Labute approximate surface area is 103 Å². The van der Waals surface area contributed by atoms with E-state index in [9.17, 15) is 4.79 Å². The van der Waals surface area contributed by atoms with Gasteiger partial charge in [-0.25, -0.2) is 4.79 Å². The monoisotopic (exact) mass is 239 g/mol. The molecule has 2 N–H and O–H groups in total. The molecule has 0 amide bonds. The average Bonchev–Trinajstić information content (AvgIpc) is 2.65. The molecule has 1 aromatic heterocycles. The van der Waals surface area contributed by atoms with E-state index in [0.29, 0.717) is 11.3 Å². The van der Waals surface area contributed by atoms with Crippen LogP contribution in [0.3, 0.4) is 0 Å². The zero-order valence-corrected chi connectivity index (χ0v) is 9.81. The van der Waals surface area contributed by atoms with Gasteiger partial charge in [0.1, 0.15) is 0 Å². The van der Waals surface area contributed by atoms with E-state index in [0.717, 1.165) is 16.6 Å². The number of fused-ring (bicyclic) bond motifs is 1. The van der Waals surface area contributed by atoms with Crippen LogP contribution < -0.4 is 11.5 Å². The number of hydrogen-bond acceptors (Lipinski definition) is 3. The van der Waals surface area contributed by atoms with Gasteiger partial charge in [-0.3, -0.25) is 4.57 Å². The second kappa shape index (κ2) is 3.77. The van der Waals surface area contributed by atoms with Gasteiger partial charge in [0.15, 0.2) is 5.58 Å². The van der Waals surface area contributed by atoms with Crippen molar-refractivity contribution < 1.29 is 4.42 Å². The van der Waals surface area contributed by atoms with E-state index in [1.165, 1.54) is 4.57 Å². The maximum atomic E-state index is 11.4. The number of aromatic nitrogens is 1. The summed E-state index contributed by atoms with van der Waals surface area (Å²) in [6.07, 6.45) is 0. The van der Waals surface area contributed by atoms with Crippen LogP contribution in [0.2, 0.25) is 0 Å². The Morgan fingerprint density at radius 3 is 2.89 bits per heavy atom. The fraction of sp³-hybridized carbons (Fsp3) is 0.0714. The lowest BCUT2D eigenvalue weighted by Crippen LogP contribution is -2.08. The first-order valence-corrected chi connectivity index (χ1v) is 5.53. The molecule has 3 aromatic rings. The van der Waals surface area contributed by atoms with Crippen LogP contribution in [0.25, 0.3) is 22.2 Å². The summed E-state index contributed by atoms with van der Waals surface area (Å²) in [7, 11) is 1.68. The molecular weight excluding hydrogens is 228 g/mol. The van der Waals surface area contributed by atoms with E-state index >= 15 is 0 Å². The van der Waals surface area contributed by atoms with Gasteiger partial charge in [0, 0.05) is 18.8 Å². The molecular formula is C14H11N2O2. The lowest BCUT2D eigenvalue weighted by atomic mass is 10.0. The zero-order chi connectivity index (χ0) is 12.7. The molecule has 0 unspecified atom stereocenters. The number of nitrogens with zero attached hydrogens (tertiary/aromatic N) is 1. The number of nitrogens with two attached hydrogens (primary N) is 1. The van der Waals surface area contributed by atoms with Crippen molar-refractivity contribution in [1.29, 1.82) is 0 Å². The Bertz CT molecular complexity index is 784. The lowest BCUT2D eigenvalue weighted by molar-refractivity contribution is 0.528. The molecule has 0 spiro atoms. The predicted octanol–water partition coefficient (Wildman–Crippen LogP) is 2.18. The molecule has 4 heteroatoms. The van der Waals surface area contributed by atoms with Crippen molar-refractivity contribution in [2.45, 2.75) is 0 Å². The standard InChI is InChI=1S/C14H11N2O2/c1-16-12-8-10(5-6-13(12)18-14(16)17)9-3-2-4-11(15)7-9/h2-6,8H,15H2,1H3. The van der Waals surface area contributed by atoms with E-state index < -0.39 is 0 Å². The van der Waals surface area contributed by atoms with Crippen LogP contribution in [0.15, 0.2) is 45.6 Å². The van der Waals surface area contributed by atoms with Crippen molar-refractivity contribution in [1.82, 2.24) is 4.57 Å². The molecule has 0 atom stereocenters. The first-order chi connectivity index (χ1) is 8.65. The summed E-state index contributed by atoms with van der Waals surface area (Å²) in [6.45, 7) is 0. The van der Waals surface area contributed by atoms with Crippen LogP contribution in [-0.4, -0.2) is 4.57 Å². The van der Waals surface area contributed by atoms with Gasteiger partial charge in [0.2, 0.25) is 0 Å². The van der Waals surface area contributed by atoms with Crippen molar-refractivity contribution in [2.75, 3.05) is 5.73 Å². The van der Waals surface area contributed by atoms with Crippen LogP contribution in [0, 0.1) is 6.07 Å². The summed E-state index contributed by atoms with van der Waals surface area (Å²) in [5, 5.41) is 0. The summed E-state index contributed by atoms with van der Waals surface area (Å²) in [4.78, 5) is 11.4. The summed E-state index contributed by atoms with van der Waals surface area (Å²) in [5.74, 6) is -0.362. The fourth-order valence-corrected chi connectivity index (χ4v) is 1.95. The number of benzene rings is 2. The molecule has 0 saturated heterocycles. The average molecular weight is 239 g/mol. The van der Waals surface area contributed by atoms with Gasteiger partial charge in [0.05, 0.1) is 5.52 Å². The van der Waals surface area contributed by atoms with Crippen LogP contribution in [-0.2, 0) is 7.05 Å². The third kappa shape index (κ3) is 1.59. The SMILES string of the molecule is Cn1c(=O)oc2ccc(-c3[c]c(N)ccc3)cc21. The third-order valence-electron chi connectivity index (χ3n) is 2.92. The summed E-state index contributed by atoms with van der Waals surface area (Å²) in [6, 6.07) is 14.2. The molecule has 0 aliphatic heterocycles. The normalized spacial score (nSPS) is 10.9. The number of aryl methyl sites for hydroxylation is 1. The first-order valence-electron chi connectivity index (χ1n) is 5.53. The molecule has 18 heavy (non-hydrogen) atoms. The Balaban J connectivity index is 2.25. The van der Waals surface area contributed by atoms with Crippen molar-refractivity contribution in [3.05, 3.63) is 53.0 Å². The Morgan fingerprint density at radius 1 is 1.28 bits per heavy atom. The number of oxazole rings is 1. The maximum absolute atomic E-state index is 11.4. The van der Waals surface area contributed by atoms with Crippen molar-refractivity contribution in [2.24, 2.45) is 7.05 Å². The highest BCUT2D eigenvalue weighted by molar-refractivity contribution is 5.81. The first kappa shape index (κ1) is 10.7. The highest BCUT2D eigenvalue weighted by atomic mass is 16.4. The highest BCUT2D eigenvalue weighted by Crippen LogP contribution is 2.24. The highest BCUT2D eigenvalue weighted by Gasteiger charge is 2.07. The van der Waals surface area contributed by atoms with Gasteiger partial charge >= 0.3 is 5.76 Å². The molecule has 0 aliphatic carbocycles. The Hall–Kier alpha value is -2.49. The molecule has 0 aliphatic rings. The zero-order valence-electron chi connectivity index (χ0n) is 9.81. The van der Waals surface area contributed by atoms with E-state index in [-0.39, 0.29) is 5.76 Å². The predicted molar refractivity (Wildman–Crippen MR) is 70.1 cm³/mol. The van der Waals surface area contributed by atoms with Gasteiger partial charge in [0.25, 0.3) is 0 Å². The molecule has 0 saturated carbocycles. The van der Waals surface area contributed by atoms with Crippen LogP contribution in [0.1, 0.15) is 0 Å². The van der Waals surface area contributed by atoms with E-state index in [1.807, 2.05) is 24.3 Å². The largest absolute Gasteiger partial charge is 0.419 e. The van der Waals surface area contributed by atoms with Crippen molar-refractivity contribution in [3.63, 3.8) is 0 Å². The maximum Gasteiger partial charge on any atom is 0.419 e. The number of nitrogen functional groups attached to an aromatic ring is 1. The molecule has 4 nitrogen and oxygen atoms in total. The molecule has 3 rings (SSSR count). The van der Waals surface area contributed by atoms with Crippen molar-refractivity contribution >= 4 is 16.8 Å². The molecule has 1 radical (unpaired) electrons. The number of rotatable bonds is 1. The molecule has 1 heterocycles. The minimum absolute atomic E-state index is 0.362. The van der Waals surface area contributed by atoms with E-state index in [4.69, 9.17) is 10.2 Å². The second-order valence-electron chi connectivity index (χ2n) is 4.13. The molecule has 0 bridgehead atoms. The van der Waals surface area contributed by atoms with E-state index in [2.05, 4.69) is 6.07 Å². The summed E-state index contributed by atoms with van der Waals surface area (Å²) < 4.78 is 6.56. The second-order valence-corrected chi connectivity index (χ2v) is 4.13. The van der Waals surface area contributed by atoms with Gasteiger partial charge in [-0.1, -0.05) is 18.2 Å². The minimum Gasteiger partial charge on any atom is -0.408 e. The van der Waals surface area contributed by atoms with Gasteiger partial charge in [-0.05, 0) is 29.3 Å². The quantitative estimate of drug-likeness (QED) is 0.662. The van der Waals surface area contributed by atoms with Crippen LogP contribution in [0.5, 0.6) is 0 Å². The Kier molecular flexibility index (Phi) is 2.23. The Morgan fingerprint density at radius 2 is 2.11 bits per heavy atom. The number of hydrogen-bond donors (Lipinski definition) is 1. The third-order valence-corrected chi connectivity index (χ3v) is 2.92. The summed E-state index contributed by atoms with van der Waals surface area (Å²) >= 11 is 0. The van der Waals surface area contributed by atoms with Crippen LogP contribution >= 0.6 is 0 Å². The minimum atomic E-state index is -0.362. The van der Waals surface area contributed by atoms with Gasteiger partial charge in [-0.15, -0.1) is 0 Å². The topological polar surface area (TPSA) is 61.2 Å². The summed E-state index contributed by atoms with van der Waals surface area (Å²) in [5.41, 5.74) is 9.49. The van der Waals surface area contributed by atoms with E-state index in [1.54, 1.807) is 19.2 Å². The van der Waals surface area contributed by atoms with Gasteiger partial charge < -0.3 is 10.2 Å². The smallest absolute Gasteiger partial charge is 0.408 e. The molecule has 89 valence electrons.